The summed E-state index contributed by atoms with van der Waals surface area (Å²) >= 11 is 1.57. The van der Waals surface area contributed by atoms with Crippen molar-refractivity contribution in [3.05, 3.63) is 41.9 Å². The first-order chi connectivity index (χ1) is 8.27. The number of nitrogens with zero attached hydrogens (tertiary/aromatic N) is 1. The maximum Gasteiger partial charge on any atom is 0.126 e. The summed E-state index contributed by atoms with van der Waals surface area (Å²) in [5.74, 6) is 0. The number of aromatic nitrogens is 1. The average Bonchev–Trinajstić information content (AvgIpc) is 2.84. The molecular weight excluding hydrogens is 230 g/mol. The van der Waals surface area contributed by atoms with Crippen LogP contribution in [0.4, 0.5) is 11.4 Å². The van der Waals surface area contributed by atoms with Crippen molar-refractivity contribution in [2.75, 3.05) is 11.5 Å². The molecule has 4 N–H and O–H groups in total. The number of thiazole rings is 1. The van der Waals surface area contributed by atoms with E-state index in [1.807, 2.05) is 35.7 Å². The third-order valence-corrected chi connectivity index (χ3v) is 3.56. The summed E-state index contributed by atoms with van der Waals surface area (Å²) in [5, 5.41) is 5.02. The van der Waals surface area contributed by atoms with E-state index in [-0.39, 0.29) is 0 Å². The molecule has 0 spiro atoms. The second kappa shape index (κ2) is 3.75. The van der Waals surface area contributed by atoms with Gasteiger partial charge < -0.3 is 11.5 Å². The summed E-state index contributed by atoms with van der Waals surface area (Å²) in [6.07, 6.45) is 1.78. The lowest BCUT2D eigenvalue weighted by Crippen LogP contribution is -1.98. The Bertz CT molecular complexity index is 674. The van der Waals surface area contributed by atoms with Gasteiger partial charge >= 0.3 is 0 Å². The van der Waals surface area contributed by atoms with Gasteiger partial charge in [-0.1, -0.05) is 24.3 Å². The molecule has 1 heterocycles. The maximum absolute atomic E-state index is 6.08. The Kier molecular flexibility index (Phi) is 2.23. The Morgan fingerprint density at radius 2 is 1.94 bits per heavy atom. The third kappa shape index (κ3) is 1.54. The van der Waals surface area contributed by atoms with Crippen LogP contribution in [-0.2, 0) is 0 Å². The topological polar surface area (TPSA) is 64.9 Å². The van der Waals surface area contributed by atoms with Crippen molar-refractivity contribution in [1.29, 1.82) is 0 Å². The molecule has 3 nitrogen and oxygen atoms in total. The van der Waals surface area contributed by atoms with E-state index in [4.69, 9.17) is 11.5 Å². The summed E-state index contributed by atoms with van der Waals surface area (Å²) in [6.45, 7) is 0. The van der Waals surface area contributed by atoms with Gasteiger partial charge in [0.2, 0.25) is 0 Å². The molecule has 0 atom stereocenters. The molecule has 0 saturated heterocycles. The SMILES string of the molecule is Nc1cc2ccccc2c(-c2nccs2)c1N. The van der Waals surface area contributed by atoms with E-state index in [0.29, 0.717) is 11.4 Å². The van der Waals surface area contributed by atoms with Gasteiger partial charge in [0, 0.05) is 17.1 Å². The van der Waals surface area contributed by atoms with Crippen LogP contribution in [0.2, 0.25) is 0 Å². The highest BCUT2D eigenvalue weighted by Crippen LogP contribution is 2.38. The molecule has 0 aliphatic carbocycles. The highest BCUT2D eigenvalue weighted by molar-refractivity contribution is 7.13. The van der Waals surface area contributed by atoms with Gasteiger partial charge in [0.1, 0.15) is 5.01 Å². The molecule has 1 aromatic heterocycles. The molecule has 0 fully saturated rings. The first-order valence-electron chi connectivity index (χ1n) is 5.24. The van der Waals surface area contributed by atoms with Gasteiger partial charge in [-0.25, -0.2) is 4.98 Å². The van der Waals surface area contributed by atoms with E-state index in [9.17, 15) is 0 Å². The predicted octanol–water partition coefficient (Wildman–Crippen LogP) is 3.13. The molecular formula is C13H11N3S. The third-order valence-electron chi connectivity index (χ3n) is 2.77. The summed E-state index contributed by atoms with van der Waals surface area (Å²) < 4.78 is 0. The fourth-order valence-corrected chi connectivity index (χ4v) is 2.67. The van der Waals surface area contributed by atoms with Gasteiger partial charge in [-0.15, -0.1) is 11.3 Å². The summed E-state index contributed by atoms with van der Waals surface area (Å²) in [7, 11) is 0. The summed E-state index contributed by atoms with van der Waals surface area (Å²) in [4.78, 5) is 4.32. The van der Waals surface area contributed by atoms with Crippen molar-refractivity contribution >= 4 is 33.5 Å². The van der Waals surface area contributed by atoms with Crippen LogP contribution in [0.3, 0.4) is 0 Å². The first kappa shape index (κ1) is 10.1. The number of anilines is 2. The van der Waals surface area contributed by atoms with E-state index in [1.54, 1.807) is 17.5 Å². The van der Waals surface area contributed by atoms with Crippen LogP contribution in [0.5, 0.6) is 0 Å². The zero-order valence-electron chi connectivity index (χ0n) is 9.05. The lowest BCUT2D eigenvalue weighted by molar-refractivity contribution is 1.42. The van der Waals surface area contributed by atoms with E-state index >= 15 is 0 Å². The van der Waals surface area contributed by atoms with Crippen LogP contribution < -0.4 is 11.5 Å². The van der Waals surface area contributed by atoms with Crippen LogP contribution in [0, 0.1) is 0 Å². The number of nitrogens with two attached hydrogens (primary N) is 2. The molecule has 17 heavy (non-hydrogen) atoms. The van der Waals surface area contributed by atoms with E-state index in [1.165, 1.54) is 0 Å². The van der Waals surface area contributed by atoms with Crippen molar-refractivity contribution in [2.45, 2.75) is 0 Å². The van der Waals surface area contributed by atoms with Crippen LogP contribution >= 0.6 is 11.3 Å². The number of rotatable bonds is 1. The molecule has 0 unspecified atom stereocenters. The smallest absolute Gasteiger partial charge is 0.126 e. The minimum atomic E-state index is 0.605. The number of nitrogen functional groups attached to an aromatic ring is 2. The van der Waals surface area contributed by atoms with Gasteiger partial charge in [0.25, 0.3) is 0 Å². The lowest BCUT2D eigenvalue weighted by Gasteiger charge is -2.10. The largest absolute Gasteiger partial charge is 0.397 e. The minimum Gasteiger partial charge on any atom is -0.397 e. The number of benzene rings is 2. The zero-order valence-corrected chi connectivity index (χ0v) is 9.87. The van der Waals surface area contributed by atoms with E-state index < -0.39 is 0 Å². The highest BCUT2D eigenvalue weighted by Gasteiger charge is 2.12. The molecule has 0 saturated carbocycles. The van der Waals surface area contributed by atoms with Crippen molar-refractivity contribution in [3.8, 4) is 10.6 Å². The van der Waals surface area contributed by atoms with Crippen molar-refractivity contribution in [3.63, 3.8) is 0 Å². The second-order valence-corrected chi connectivity index (χ2v) is 4.71. The van der Waals surface area contributed by atoms with Crippen LogP contribution in [0.1, 0.15) is 0 Å². The number of hydrogen-bond acceptors (Lipinski definition) is 4. The summed E-state index contributed by atoms with van der Waals surface area (Å²) in [6, 6.07) is 9.96. The monoisotopic (exact) mass is 241 g/mol. The molecule has 0 bridgehead atoms. The second-order valence-electron chi connectivity index (χ2n) is 3.81. The van der Waals surface area contributed by atoms with E-state index in [2.05, 4.69) is 4.98 Å². The molecule has 84 valence electrons. The molecule has 2 aromatic carbocycles. The average molecular weight is 241 g/mol. The Balaban J connectivity index is 2.46. The van der Waals surface area contributed by atoms with Crippen LogP contribution in [0.25, 0.3) is 21.3 Å². The Morgan fingerprint density at radius 3 is 2.71 bits per heavy atom. The molecule has 3 aromatic rings. The van der Waals surface area contributed by atoms with Crippen molar-refractivity contribution in [2.24, 2.45) is 0 Å². The molecule has 3 rings (SSSR count). The first-order valence-corrected chi connectivity index (χ1v) is 6.12. The predicted molar refractivity (Wildman–Crippen MR) is 73.9 cm³/mol. The quantitative estimate of drug-likeness (QED) is 0.643. The van der Waals surface area contributed by atoms with Crippen molar-refractivity contribution < 1.29 is 0 Å². The zero-order chi connectivity index (χ0) is 11.8. The fraction of sp³-hybridized carbons (Fsp3) is 0. The van der Waals surface area contributed by atoms with E-state index in [0.717, 1.165) is 21.3 Å². The molecule has 0 aliphatic rings. The normalized spacial score (nSPS) is 10.8. The van der Waals surface area contributed by atoms with Gasteiger partial charge in [-0.05, 0) is 16.8 Å². The standard InChI is InChI=1S/C13H11N3S/c14-10-7-8-3-1-2-4-9(8)11(12(10)15)13-16-5-6-17-13/h1-7H,14-15H2. The summed E-state index contributed by atoms with van der Waals surface area (Å²) in [5.41, 5.74) is 14.2. The van der Waals surface area contributed by atoms with Crippen LogP contribution in [0.15, 0.2) is 41.9 Å². The van der Waals surface area contributed by atoms with Gasteiger partial charge in [0.05, 0.1) is 11.4 Å². The van der Waals surface area contributed by atoms with Crippen molar-refractivity contribution in [1.82, 2.24) is 4.98 Å². The van der Waals surface area contributed by atoms with Gasteiger partial charge in [0.15, 0.2) is 0 Å². The Labute approximate surface area is 103 Å². The van der Waals surface area contributed by atoms with Gasteiger partial charge in [-0.3, -0.25) is 0 Å². The molecule has 4 heteroatoms. The molecule has 0 amide bonds. The van der Waals surface area contributed by atoms with Gasteiger partial charge in [-0.2, -0.15) is 0 Å². The highest BCUT2D eigenvalue weighted by atomic mass is 32.1. The molecule has 0 aliphatic heterocycles. The molecule has 0 radical (unpaired) electrons. The Morgan fingerprint density at radius 1 is 1.12 bits per heavy atom. The fourth-order valence-electron chi connectivity index (χ4n) is 1.96. The Hall–Kier alpha value is -2.07. The minimum absolute atomic E-state index is 0.605. The van der Waals surface area contributed by atoms with Crippen LogP contribution in [-0.4, -0.2) is 4.98 Å². The number of fused-ring (bicyclic) bond motifs is 1. The maximum atomic E-state index is 6.08. The lowest BCUT2D eigenvalue weighted by atomic mass is 10.0. The number of hydrogen-bond donors (Lipinski definition) is 2.